The van der Waals surface area contributed by atoms with Crippen molar-refractivity contribution in [2.45, 2.75) is 73.0 Å². The summed E-state index contributed by atoms with van der Waals surface area (Å²) in [5, 5.41) is 11.3. The van der Waals surface area contributed by atoms with Crippen molar-refractivity contribution in [3.8, 4) is 5.75 Å². The second-order valence-electron chi connectivity index (χ2n) is 8.40. The first-order valence-corrected chi connectivity index (χ1v) is 12.6. The van der Waals surface area contributed by atoms with Gasteiger partial charge in [0.25, 0.3) is 0 Å². The van der Waals surface area contributed by atoms with E-state index in [4.69, 9.17) is 0 Å². The maximum Gasteiger partial charge on any atom is 0.115 e. The molecule has 0 heterocycles. The van der Waals surface area contributed by atoms with Crippen LogP contribution in [0.4, 0.5) is 0 Å². The quantitative estimate of drug-likeness (QED) is 0.456. The summed E-state index contributed by atoms with van der Waals surface area (Å²) in [5.41, 5.74) is 2.42. The molecule has 1 aromatic rings. The van der Waals surface area contributed by atoms with E-state index in [-0.39, 0.29) is 24.8 Å². The van der Waals surface area contributed by atoms with Crippen LogP contribution >= 0.6 is 0 Å². The van der Waals surface area contributed by atoms with E-state index in [9.17, 15) is 5.11 Å². The molecule has 1 aliphatic rings. The molecule has 0 unspecified atom stereocenters. The van der Waals surface area contributed by atoms with Gasteiger partial charge in [-0.1, -0.05) is 52.0 Å². The maximum absolute atomic E-state index is 9.65. The molecule has 2 rings (SSSR count). The number of rotatable bonds is 1. The molecule has 0 saturated heterocycles. The fourth-order valence-corrected chi connectivity index (χ4v) is 4.03. The van der Waals surface area contributed by atoms with Crippen molar-refractivity contribution < 1.29 is 49.9 Å². The zero-order chi connectivity index (χ0) is 19.8. The van der Waals surface area contributed by atoms with Crippen molar-refractivity contribution in [2.24, 2.45) is 0 Å². The summed E-state index contributed by atoms with van der Waals surface area (Å²) in [6.45, 7) is 19.9. The fourth-order valence-electron chi connectivity index (χ4n) is 2.07. The van der Waals surface area contributed by atoms with Crippen molar-refractivity contribution in [1.29, 1.82) is 0 Å². The summed E-state index contributed by atoms with van der Waals surface area (Å²) in [7, 11) is -1.50. The van der Waals surface area contributed by atoms with Crippen LogP contribution in [-0.4, -0.2) is 17.0 Å². The molecule has 0 saturated carbocycles. The molecule has 1 aromatic carbocycles. The molecule has 1 aliphatic carbocycles. The van der Waals surface area contributed by atoms with E-state index in [1.54, 1.807) is 0 Å². The van der Waals surface area contributed by atoms with Crippen LogP contribution in [0.25, 0.3) is 0 Å². The van der Waals surface area contributed by atoms with Gasteiger partial charge in [-0.3, -0.25) is 6.08 Å². The van der Waals surface area contributed by atoms with Gasteiger partial charge in [-0.15, -0.1) is 6.42 Å². The molecular formula is C22H35Cl2OSiTi-2. The predicted octanol–water partition coefficient (Wildman–Crippen LogP) is -0.135. The smallest absolute Gasteiger partial charge is 0.115 e. The topological polar surface area (TPSA) is 20.2 Å². The van der Waals surface area contributed by atoms with Crippen LogP contribution in [0.5, 0.6) is 5.75 Å². The second kappa shape index (κ2) is 14.0. The van der Waals surface area contributed by atoms with Gasteiger partial charge in [-0.25, -0.2) is 11.6 Å². The zero-order valence-corrected chi connectivity index (χ0v) is 22.4. The molecule has 0 bridgehead atoms. The van der Waals surface area contributed by atoms with Crippen LogP contribution < -0.4 is 30.0 Å². The standard InChI is InChI=1S/C13H22OSi.C6H7.C3H6.2ClH.Ti/c1-10-7-11(14)9-12(8-10)15(5,6)13(2,3)4;1-6-4-2-3-5-6;1-3-2;;;/h7-9,14H,1-6H3;2,4H,3H2,1H3;1-2H3;2*1H;/q;-1;;;;+1/p-2. The first-order chi connectivity index (χ1) is 11.3. The maximum atomic E-state index is 9.65. The van der Waals surface area contributed by atoms with Gasteiger partial charge < -0.3 is 29.9 Å². The summed E-state index contributed by atoms with van der Waals surface area (Å²) < 4.78 is 1.42. The van der Waals surface area contributed by atoms with Crippen LogP contribution in [0.3, 0.4) is 0 Å². The van der Waals surface area contributed by atoms with Crippen LogP contribution in [0.15, 0.2) is 35.9 Å². The van der Waals surface area contributed by atoms with Gasteiger partial charge in [0.05, 0.1) is 8.07 Å². The summed E-state index contributed by atoms with van der Waals surface area (Å²) in [6.07, 6.45) is 8.33. The van der Waals surface area contributed by atoms with Crippen LogP contribution in [0, 0.1) is 13.0 Å². The number of phenols is 1. The SMILES string of the molecule is CC1=[C-]CC=C1.C[C](C)=[Ti+].Cc1cc(O)cc([Si](C)(C)C(C)(C)C)c1.[Cl-].[Cl-]. The molecule has 153 valence electrons. The van der Waals surface area contributed by atoms with Crippen molar-refractivity contribution >= 4 is 17.1 Å². The predicted molar refractivity (Wildman–Crippen MR) is 112 cm³/mol. The minimum atomic E-state index is -1.50. The number of hydrogen-bond donors (Lipinski definition) is 1. The third-order valence-electron chi connectivity index (χ3n) is 4.53. The van der Waals surface area contributed by atoms with E-state index >= 15 is 0 Å². The van der Waals surface area contributed by atoms with Crippen LogP contribution in [0.1, 0.15) is 53.5 Å². The molecule has 0 fully saturated rings. The van der Waals surface area contributed by atoms with Gasteiger partial charge >= 0.3 is 37.6 Å². The van der Waals surface area contributed by atoms with Crippen molar-refractivity contribution in [3.05, 3.63) is 47.6 Å². The Morgan fingerprint density at radius 1 is 1.07 bits per heavy atom. The first-order valence-electron chi connectivity index (χ1n) is 8.84. The normalized spacial score (nSPS) is 12.3. The molecule has 0 aliphatic heterocycles. The number of halogens is 2. The Morgan fingerprint density at radius 3 is 1.81 bits per heavy atom. The van der Waals surface area contributed by atoms with E-state index in [1.165, 1.54) is 14.6 Å². The van der Waals surface area contributed by atoms with Gasteiger partial charge in [0.15, 0.2) is 0 Å². The van der Waals surface area contributed by atoms with Crippen LogP contribution in [-0.2, 0) is 20.0 Å². The van der Waals surface area contributed by atoms with E-state index in [0.717, 1.165) is 12.0 Å². The van der Waals surface area contributed by atoms with E-state index in [0.29, 0.717) is 10.8 Å². The monoisotopic (exact) mass is 461 g/mol. The van der Waals surface area contributed by atoms with Gasteiger partial charge in [0, 0.05) is 0 Å². The second-order valence-corrected chi connectivity index (χ2v) is 15.3. The summed E-state index contributed by atoms with van der Waals surface area (Å²) >= 11 is 2.08. The number of aromatic hydroxyl groups is 1. The average molecular weight is 462 g/mol. The van der Waals surface area contributed by atoms with E-state index in [1.807, 2.05) is 19.1 Å². The molecule has 0 radical (unpaired) electrons. The number of benzene rings is 1. The number of allylic oxidation sites excluding steroid dienone is 4. The van der Waals surface area contributed by atoms with Crippen molar-refractivity contribution in [1.82, 2.24) is 0 Å². The Balaban J connectivity index is -0.000000400. The Hall–Kier alpha value is -0.119. The summed E-state index contributed by atoms with van der Waals surface area (Å²) in [6, 6.07) is 5.97. The molecule has 0 atom stereocenters. The number of hydrogen-bond acceptors (Lipinski definition) is 1. The summed E-state index contributed by atoms with van der Waals surface area (Å²) in [4.78, 5) is 0. The molecule has 27 heavy (non-hydrogen) atoms. The Kier molecular flexibility index (Phi) is 16.3. The summed E-state index contributed by atoms with van der Waals surface area (Å²) in [5.74, 6) is 0.398. The van der Waals surface area contributed by atoms with Gasteiger partial charge in [-0.2, -0.15) is 6.08 Å². The fraction of sp³-hybridized carbons (Fsp3) is 0.500. The zero-order valence-electron chi connectivity index (χ0n) is 18.3. The first kappa shape index (κ1) is 31.6. The molecule has 0 spiro atoms. The minimum Gasteiger partial charge on any atom is -1.00 e. The van der Waals surface area contributed by atoms with Gasteiger partial charge in [-0.05, 0) is 29.7 Å². The Morgan fingerprint density at radius 2 is 1.56 bits per heavy atom. The largest absolute Gasteiger partial charge is 1.00 e. The molecule has 1 nitrogen and oxygen atoms in total. The van der Waals surface area contributed by atoms with Gasteiger partial charge in [0.1, 0.15) is 5.75 Å². The van der Waals surface area contributed by atoms with Crippen LogP contribution in [0.2, 0.25) is 18.1 Å². The Labute approximate surface area is 192 Å². The third kappa shape index (κ3) is 12.9. The molecule has 0 aromatic heterocycles. The van der Waals surface area contributed by atoms with E-state index in [2.05, 4.69) is 98.9 Å². The number of aryl methyl sites for hydroxylation is 1. The molecule has 0 amide bonds. The van der Waals surface area contributed by atoms with Gasteiger partial charge in [0.2, 0.25) is 0 Å². The van der Waals surface area contributed by atoms with Crippen molar-refractivity contribution in [2.75, 3.05) is 0 Å². The molecule has 5 heteroatoms. The average Bonchev–Trinajstić information content (AvgIpc) is 2.87. The molecule has 1 N–H and O–H groups in total. The van der Waals surface area contributed by atoms with E-state index < -0.39 is 8.07 Å². The third-order valence-corrected chi connectivity index (χ3v) is 10.0. The number of phenolic OH excluding ortho intramolecular Hbond substituents is 1. The van der Waals surface area contributed by atoms with Crippen molar-refractivity contribution in [3.63, 3.8) is 0 Å². The molecular weight excluding hydrogens is 427 g/mol. The Bertz CT molecular complexity index is 617. The minimum absolute atomic E-state index is 0.